The van der Waals surface area contributed by atoms with E-state index in [0.29, 0.717) is 22.6 Å². The van der Waals surface area contributed by atoms with E-state index >= 15 is 0 Å². The number of benzene rings is 2. The van der Waals surface area contributed by atoms with E-state index in [2.05, 4.69) is 32.5 Å². The summed E-state index contributed by atoms with van der Waals surface area (Å²) in [5.74, 6) is 3.38. The van der Waals surface area contributed by atoms with E-state index in [9.17, 15) is 0 Å². The van der Waals surface area contributed by atoms with Crippen molar-refractivity contribution in [1.82, 2.24) is 25.0 Å². The number of ether oxygens (including phenoxy) is 1. The molecule has 7 nitrogen and oxygen atoms in total. The Bertz CT molecular complexity index is 1130. The van der Waals surface area contributed by atoms with E-state index in [1.807, 2.05) is 35.9 Å². The topological polar surface area (TPSA) is 78.9 Å². The van der Waals surface area contributed by atoms with E-state index in [4.69, 9.17) is 20.8 Å². The van der Waals surface area contributed by atoms with Crippen LogP contribution in [0.15, 0.2) is 58.1 Å². The molecule has 2 heterocycles. The Morgan fingerprint density at radius 3 is 2.48 bits per heavy atom. The fourth-order valence-corrected chi connectivity index (χ4v) is 3.97. The van der Waals surface area contributed by atoms with Gasteiger partial charge in [-0.3, -0.25) is 0 Å². The van der Waals surface area contributed by atoms with Crippen LogP contribution in [0.2, 0.25) is 5.02 Å². The first-order valence-corrected chi connectivity index (χ1v) is 11.2. The lowest BCUT2D eigenvalue weighted by molar-refractivity contribution is 0.414. The van der Waals surface area contributed by atoms with Gasteiger partial charge in [0, 0.05) is 24.1 Å². The molecule has 4 aromatic rings. The normalized spacial score (nSPS) is 11.1. The number of methoxy groups -OCH3 is 1. The molecule has 4 rings (SSSR count). The van der Waals surface area contributed by atoms with E-state index in [1.54, 1.807) is 19.2 Å². The molecule has 0 amide bonds. The van der Waals surface area contributed by atoms with Crippen molar-refractivity contribution in [2.24, 2.45) is 7.05 Å². The molecule has 31 heavy (non-hydrogen) atoms. The summed E-state index contributed by atoms with van der Waals surface area (Å²) in [5, 5.41) is 18.4. The molecule has 0 unspecified atom stereocenters. The molecule has 0 spiro atoms. The molecule has 0 N–H and O–H groups in total. The lowest BCUT2D eigenvalue weighted by atomic mass is 10.1. The van der Waals surface area contributed by atoms with Crippen molar-refractivity contribution in [3.8, 4) is 17.2 Å². The van der Waals surface area contributed by atoms with Gasteiger partial charge in [0.1, 0.15) is 11.6 Å². The Morgan fingerprint density at radius 2 is 1.74 bits per heavy atom. The van der Waals surface area contributed by atoms with Crippen LogP contribution in [-0.2, 0) is 25.6 Å². The highest BCUT2D eigenvalue weighted by molar-refractivity contribution is 7.98. The second-order valence-corrected chi connectivity index (χ2v) is 8.33. The first kappa shape index (κ1) is 21.4. The Hall–Kier alpha value is -2.84. The van der Waals surface area contributed by atoms with Gasteiger partial charge in [0.2, 0.25) is 11.8 Å². The molecule has 2 aromatic heterocycles. The second-order valence-electron chi connectivity index (χ2n) is 6.96. The van der Waals surface area contributed by atoms with E-state index in [-0.39, 0.29) is 0 Å². The van der Waals surface area contributed by atoms with Crippen LogP contribution in [0, 0.1) is 0 Å². The Balaban J connectivity index is 1.29. The zero-order valence-electron chi connectivity index (χ0n) is 17.3. The predicted octanol–water partition coefficient (Wildman–Crippen LogP) is 4.99. The predicted molar refractivity (Wildman–Crippen MR) is 120 cm³/mol. The molecular weight excluding hydrogens is 434 g/mol. The number of halogens is 1. The molecule has 0 saturated carbocycles. The van der Waals surface area contributed by atoms with Gasteiger partial charge in [-0.25, -0.2) is 0 Å². The number of hydrogen-bond acceptors (Lipinski definition) is 7. The van der Waals surface area contributed by atoms with Gasteiger partial charge in [0.15, 0.2) is 5.16 Å². The summed E-state index contributed by atoms with van der Waals surface area (Å²) in [6.07, 6.45) is 2.84. The van der Waals surface area contributed by atoms with Gasteiger partial charge in [-0.2, -0.15) is 0 Å². The zero-order valence-corrected chi connectivity index (χ0v) is 18.9. The first-order valence-electron chi connectivity index (χ1n) is 9.84. The maximum Gasteiger partial charge on any atom is 0.247 e. The highest BCUT2D eigenvalue weighted by Gasteiger charge is 2.13. The third-order valence-electron chi connectivity index (χ3n) is 4.83. The first-order chi connectivity index (χ1) is 15.1. The summed E-state index contributed by atoms with van der Waals surface area (Å²) in [6.45, 7) is 0. The molecule has 0 radical (unpaired) electrons. The molecule has 0 aliphatic rings. The Morgan fingerprint density at radius 1 is 0.968 bits per heavy atom. The largest absolute Gasteiger partial charge is 0.497 e. The quantitative estimate of drug-likeness (QED) is 0.329. The van der Waals surface area contributed by atoms with Crippen molar-refractivity contribution >= 4 is 23.4 Å². The maximum absolute atomic E-state index is 5.92. The van der Waals surface area contributed by atoms with Crippen molar-refractivity contribution in [1.29, 1.82) is 0 Å². The lowest BCUT2D eigenvalue weighted by Crippen LogP contribution is -2.00. The Kier molecular flexibility index (Phi) is 6.89. The van der Waals surface area contributed by atoms with Gasteiger partial charge >= 0.3 is 0 Å². The molecule has 0 bridgehead atoms. The molecular formula is C22H22ClN5O2S. The molecule has 0 aliphatic carbocycles. The van der Waals surface area contributed by atoms with Crippen LogP contribution in [0.1, 0.15) is 23.7 Å². The monoisotopic (exact) mass is 455 g/mol. The van der Waals surface area contributed by atoms with Crippen molar-refractivity contribution in [2.75, 3.05) is 7.11 Å². The minimum Gasteiger partial charge on any atom is -0.497 e. The number of aromatic nitrogens is 5. The molecule has 0 atom stereocenters. The van der Waals surface area contributed by atoms with Crippen LogP contribution in [0.4, 0.5) is 0 Å². The fourth-order valence-electron chi connectivity index (χ4n) is 3.08. The Labute approximate surface area is 189 Å². The summed E-state index contributed by atoms with van der Waals surface area (Å²) in [6, 6.07) is 15.5. The average molecular weight is 456 g/mol. The molecule has 0 fully saturated rings. The van der Waals surface area contributed by atoms with E-state index in [0.717, 1.165) is 41.6 Å². The van der Waals surface area contributed by atoms with Crippen molar-refractivity contribution in [2.45, 2.75) is 30.2 Å². The summed E-state index contributed by atoms with van der Waals surface area (Å²) >= 11 is 7.45. The van der Waals surface area contributed by atoms with Crippen LogP contribution in [0.5, 0.6) is 5.75 Å². The van der Waals surface area contributed by atoms with E-state index < -0.39 is 0 Å². The van der Waals surface area contributed by atoms with Crippen LogP contribution < -0.4 is 4.74 Å². The smallest absolute Gasteiger partial charge is 0.247 e. The fraction of sp³-hybridized carbons (Fsp3) is 0.273. The maximum atomic E-state index is 5.92. The van der Waals surface area contributed by atoms with Gasteiger partial charge in [-0.15, -0.1) is 20.4 Å². The van der Waals surface area contributed by atoms with Gasteiger partial charge in [-0.05, 0) is 54.8 Å². The summed E-state index contributed by atoms with van der Waals surface area (Å²) in [4.78, 5) is 0. The molecule has 0 saturated heterocycles. The van der Waals surface area contributed by atoms with Gasteiger partial charge < -0.3 is 13.7 Å². The van der Waals surface area contributed by atoms with Crippen molar-refractivity contribution in [3.05, 3.63) is 70.8 Å². The highest BCUT2D eigenvalue weighted by atomic mass is 35.5. The number of nitrogens with zero attached hydrogens (tertiary/aromatic N) is 5. The van der Waals surface area contributed by atoms with Crippen molar-refractivity contribution < 1.29 is 9.15 Å². The second kappa shape index (κ2) is 9.98. The van der Waals surface area contributed by atoms with Crippen LogP contribution in [0.25, 0.3) is 11.5 Å². The summed E-state index contributed by atoms with van der Waals surface area (Å²) < 4.78 is 13.0. The minimum atomic E-state index is 0.476. The van der Waals surface area contributed by atoms with Gasteiger partial charge in [0.05, 0.1) is 12.9 Å². The summed E-state index contributed by atoms with van der Waals surface area (Å²) in [5.41, 5.74) is 2.12. The van der Waals surface area contributed by atoms with Gasteiger partial charge in [-0.1, -0.05) is 35.5 Å². The minimum absolute atomic E-state index is 0.476. The lowest BCUT2D eigenvalue weighted by Gasteiger charge is -2.04. The SMILES string of the molecule is COc1ccc(CCCc2nnc(SCc3nnc(-c4ccc(Cl)cc4)o3)n2C)cc1. The molecule has 9 heteroatoms. The van der Waals surface area contributed by atoms with Crippen LogP contribution in [-0.4, -0.2) is 32.1 Å². The molecule has 0 aliphatic heterocycles. The zero-order chi connectivity index (χ0) is 21.6. The summed E-state index contributed by atoms with van der Waals surface area (Å²) in [7, 11) is 3.66. The van der Waals surface area contributed by atoms with Crippen LogP contribution in [0.3, 0.4) is 0 Å². The average Bonchev–Trinajstić information content (AvgIpc) is 3.40. The standard InChI is InChI=1S/C22H22ClN5O2S/c1-28-19(5-3-4-15-6-12-18(29-2)13-7-15)24-27-22(28)31-14-20-25-26-21(30-20)16-8-10-17(23)11-9-16/h6-13H,3-5,14H2,1-2H3. The van der Waals surface area contributed by atoms with Crippen molar-refractivity contribution in [3.63, 3.8) is 0 Å². The van der Waals surface area contributed by atoms with Gasteiger partial charge in [0.25, 0.3) is 0 Å². The molecule has 2 aromatic carbocycles. The third kappa shape index (κ3) is 5.45. The molecule has 160 valence electrons. The number of rotatable bonds is 9. The van der Waals surface area contributed by atoms with Crippen LogP contribution >= 0.6 is 23.4 Å². The third-order valence-corrected chi connectivity index (χ3v) is 6.09. The number of hydrogen-bond donors (Lipinski definition) is 0. The number of aryl methyl sites for hydroxylation is 2. The highest BCUT2D eigenvalue weighted by Crippen LogP contribution is 2.24. The number of thioether (sulfide) groups is 1. The van der Waals surface area contributed by atoms with E-state index in [1.165, 1.54) is 17.3 Å².